The second-order valence-electron chi connectivity index (χ2n) is 5.35. The lowest BCUT2D eigenvalue weighted by Crippen LogP contribution is -2.54. The first-order valence-corrected chi connectivity index (χ1v) is 7.01. The van der Waals surface area contributed by atoms with Gasteiger partial charge in [0.15, 0.2) is 0 Å². The summed E-state index contributed by atoms with van der Waals surface area (Å²) in [6, 6.07) is 2.32. The summed E-state index contributed by atoms with van der Waals surface area (Å²) in [6.45, 7) is 11.4. The summed E-state index contributed by atoms with van der Waals surface area (Å²) in [5, 5.41) is 8.67. The normalized spacial score (nSPS) is 27.1. The highest BCUT2D eigenvalue weighted by Gasteiger charge is 2.39. The van der Waals surface area contributed by atoms with E-state index >= 15 is 0 Å². The van der Waals surface area contributed by atoms with Gasteiger partial charge in [0.1, 0.15) is 0 Å². The Labute approximate surface area is 111 Å². The Morgan fingerprint density at radius 2 is 2.00 bits per heavy atom. The first kappa shape index (κ1) is 14.8. The van der Waals surface area contributed by atoms with Gasteiger partial charge in [-0.25, -0.2) is 4.79 Å². The SMILES string of the molecule is CC.CCC1(C)CCN(C(=O)N2CC(C#N)C2)C1. The van der Waals surface area contributed by atoms with Crippen LogP contribution in [0.15, 0.2) is 0 Å². The maximum absolute atomic E-state index is 12.0. The molecule has 18 heavy (non-hydrogen) atoms. The van der Waals surface area contributed by atoms with E-state index in [2.05, 4.69) is 19.9 Å². The minimum atomic E-state index is 0.0594. The first-order chi connectivity index (χ1) is 8.58. The lowest BCUT2D eigenvalue weighted by Gasteiger charge is -2.38. The molecule has 0 spiro atoms. The van der Waals surface area contributed by atoms with Crippen molar-refractivity contribution < 1.29 is 4.79 Å². The number of nitriles is 1. The lowest BCUT2D eigenvalue weighted by molar-refractivity contribution is 0.111. The number of hydrogen-bond donors (Lipinski definition) is 0. The summed E-state index contributed by atoms with van der Waals surface area (Å²) in [6.07, 6.45) is 2.22. The molecule has 0 saturated carbocycles. The van der Waals surface area contributed by atoms with Crippen molar-refractivity contribution in [3.05, 3.63) is 0 Å². The van der Waals surface area contributed by atoms with Crippen molar-refractivity contribution in [1.29, 1.82) is 5.26 Å². The highest BCUT2D eigenvalue weighted by Crippen LogP contribution is 2.34. The van der Waals surface area contributed by atoms with E-state index in [-0.39, 0.29) is 11.9 Å². The topological polar surface area (TPSA) is 47.3 Å². The van der Waals surface area contributed by atoms with E-state index in [1.807, 2.05) is 18.7 Å². The Morgan fingerprint density at radius 1 is 1.39 bits per heavy atom. The average molecular weight is 251 g/mol. The van der Waals surface area contributed by atoms with Gasteiger partial charge in [-0.15, -0.1) is 0 Å². The molecule has 2 aliphatic heterocycles. The van der Waals surface area contributed by atoms with E-state index < -0.39 is 0 Å². The molecule has 1 atom stereocenters. The molecule has 4 heteroatoms. The Bertz CT molecular complexity index is 330. The Kier molecular flexibility index (Phi) is 5.01. The molecule has 2 amide bonds. The van der Waals surface area contributed by atoms with Crippen molar-refractivity contribution >= 4 is 6.03 Å². The number of likely N-dealkylation sites (tertiary alicyclic amines) is 2. The van der Waals surface area contributed by atoms with Gasteiger partial charge < -0.3 is 9.80 Å². The molecule has 2 heterocycles. The van der Waals surface area contributed by atoms with Gasteiger partial charge in [0.2, 0.25) is 0 Å². The van der Waals surface area contributed by atoms with Crippen LogP contribution in [0.3, 0.4) is 0 Å². The average Bonchev–Trinajstić information content (AvgIpc) is 2.74. The predicted molar refractivity (Wildman–Crippen MR) is 72.0 cm³/mol. The molecule has 2 aliphatic rings. The van der Waals surface area contributed by atoms with Gasteiger partial charge in [-0.05, 0) is 18.3 Å². The Balaban J connectivity index is 0.000000771. The van der Waals surface area contributed by atoms with Crippen LogP contribution in [-0.2, 0) is 0 Å². The second-order valence-corrected chi connectivity index (χ2v) is 5.35. The maximum Gasteiger partial charge on any atom is 0.320 e. The van der Waals surface area contributed by atoms with E-state index in [9.17, 15) is 4.79 Å². The van der Waals surface area contributed by atoms with E-state index in [4.69, 9.17) is 5.26 Å². The highest BCUT2D eigenvalue weighted by atomic mass is 16.2. The third kappa shape index (κ3) is 2.95. The molecule has 0 aromatic heterocycles. The van der Waals surface area contributed by atoms with Crippen molar-refractivity contribution in [2.45, 2.75) is 40.5 Å². The van der Waals surface area contributed by atoms with Crippen LogP contribution < -0.4 is 0 Å². The summed E-state index contributed by atoms with van der Waals surface area (Å²) >= 11 is 0. The van der Waals surface area contributed by atoms with Gasteiger partial charge in [-0.2, -0.15) is 5.26 Å². The van der Waals surface area contributed by atoms with Gasteiger partial charge >= 0.3 is 6.03 Å². The second kappa shape index (κ2) is 6.08. The Morgan fingerprint density at radius 3 is 2.44 bits per heavy atom. The van der Waals surface area contributed by atoms with Crippen LogP contribution in [-0.4, -0.2) is 42.0 Å². The smallest absolute Gasteiger partial charge is 0.320 e. The molecular weight excluding hydrogens is 226 g/mol. The maximum atomic E-state index is 12.0. The fourth-order valence-corrected chi connectivity index (χ4v) is 2.39. The summed E-state index contributed by atoms with van der Waals surface area (Å²) in [5.74, 6) is 0.0594. The molecular formula is C14H25N3O. The molecule has 2 fully saturated rings. The van der Waals surface area contributed by atoms with Crippen LogP contribution in [0.1, 0.15) is 40.5 Å². The fraction of sp³-hybridized carbons (Fsp3) is 0.857. The number of nitrogens with zero attached hydrogens (tertiary/aromatic N) is 3. The first-order valence-electron chi connectivity index (χ1n) is 7.01. The van der Waals surface area contributed by atoms with Gasteiger partial charge in [0.05, 0.1) is 12.0 Å². The number of carbonyl (C=O) groups excluding carboxylic acids is 1. The molecule has 0 bridgehead atoms. The zero-order valence-electron chi connectivity index (χ0n) is 12.1. The van der Waals surface area contributed by atoms with Crippen molar-refractivity contribution in [2.24, 2.45) is 11.3 Å². The van der Waals surface area contributed by atoms with Gasteiger partial charge in [0.25, 0.3) is 0 Å². The van der Waals surface area contributed by atoms with Crippen molar-refractivity contribution in [1.82, 2.24) is 9.80 Å². The van der Waals surface area contributed by atoms with Crippen LogP contribution in [0.2, 0.25) is 0 Å². The van der Waals surface area contributed by atoms with E-state index in [1.54, 1.807) is 4.90 Å². The van der Waals surface area contributed by atoms with Crippen molar-refractivity contribution in [3.63, 3.8) is 0 Å². The fourth-order valence-electron chi connectivity index (χ4n) is 2.39. The molecule has 0 aliphatic carbocycles. The standard InChI is InChI=1S/C12H19N3O.C2H6/c1-3-12(2)4-5-14(9-12)11(16)15-7-10(6-13)8-15;1-2/h10H,3-5,7-9H2,1-2H3;1-2H3. The molecule has 0 aromatic carbocycles. The summed E-state index contributed by atoms with van der Waals surface area (Å²) in [5.41, 5.74) is 0.301. The molecule has 0 radical (unpaired) electrons. The van der Waals surface area contributed by atoms with Gasteiger partial charge in [-0.3, -0.25) is 0 Å². The molecule has 0 aromatic rings. The van der Waals surface area contributed by atoms with Crippen molar-refractivity contribution in [2.75, 3.05) is 26.2 Å². The zero-order valence-corrected chi connectivity index (χ0v) is 12.1. The van der Waals surface area contributed by atoms with Crippen LogP contribution in [0.5, 0.6) is 0 Å². The molecule has 2 saturated heterocycles. The molecule has 1 unspecified atom stereocenters. The minimum absolute atomic E-state index is 0.0594. The molecule has 102 valence electrons. The van der Waals surface area contributed by atoms with Crippen molar-refractivity contribution in [3.8, 4) is 6.07 Å². The quantitative estimate of drug-likeness (QED) is 0.719. The van der Waals surface area contributed by atoms with E-state index in [0.29, 0.717) is 18.5 Å². The van der Waals surface area contributed by atoms with E-state index in [1.165, 1.54) is 0 Å². The van der Waals surface area contributed by atoms with E-state index in [0.717, 1.165) is 25.9 Å². The number of amides is 2. The number of urea groups is 1. The number of rotatable bonds is 1. The summed E-state index contributed by atoms with van der Waals surface area (Å²) in [7, 11) is 0. The van der Waals surface area contributed by atoms with Crippen LogP contribution >= 0.6 is 0 Å². The summed E-state index contributed by atoms with van der Waals surface area (Å²) in [4.78, 5) is 15.8. The minimum Gasteiger partial charge on any atom is -0.324 e. The number of carbonyl (C=O) groups is 1. The monoisotopic (exact) mass is 251 g/mol. The lowest BCUT2D eigenvalue weighted by atomic mass is 9.87. The Hall–Kier alpha value is -1.24. The predicted octanol–water partition coefficient (Wildman–Crippen LogP) is 2.71. The highest BCUT2D eigenvalue weighted by molar-refractivity contribution is 5.75. The van der Waals surface area contributed by atoms with Gasteiger partial charge in [0, 0.05) is 26.2 Å². The molecule has 2 rings (SSSR count). The molecule has 0 N–H and O–H groups in total. The molecule has 4 nitrogen and oxygen atoms in total. The van der Waals surface area contributed by atoms with Gasteiger partial charge in [-0.1, -0.05) is 27.7 Å². The number of hydrogen-bond acceptors (Lipinski definition) is 2. The third-order valence-corrected chi connectivity index (χ3v) is 4.02. The zero-order chi connectivity index (χ0) is 13.8. The van der Waals surface area contributed by atoms with Crippen LogP contribution in [0, 0.1) is 22.7 Å². The van der Waals surface area contributed by atoms with Crippen LogP contribution in [0.25, 0.3) is 0 Å². The largest absolute Gasteiger partial charge is 0.324 e. The van der Waals surface area contributed by atoms with Crippen LogP contribution in [0.4, 0.5) is 4.79 Å². The third-order valence-electron chi connectivity index (χ3n) is 4.02. The summed E-state index contributed by atoms with van der Waals surface area (Å²) < 4.78 is 0.